The highest BCUT2D eigenvalue weighted by Crippen LogP contribution is 2.13. The average Bonchev–Trinajstić information content (AvgIpc) is 2.81. The third-order valence-electron chi connectivity index (χ3n) is 4.71. The first kappa shape index (κ1) is 30.0. The van der Waals surface area contributed by atoms with Gasteiger partial charge in [0.15, 0.2) is 6.10 Å². The van der Waals surface area contributed by atoms with E-state index in [1.807, 2.05) is 0 Å². The zero-order chi connectivity index (χ0) is 27.1. The Hall–Kier alpha value is -4.07. The van der Waals surface area contributed by atoms with E-state index in [4.69, 9.17) is 26.7 Å². The molecule has 6 amide bonds. The second-order valence-corrected chi connectivity index (χ2v) is 8.07. The minimum Gasteiger partial charge on any atom is -0.445 e. The van der Waals surface area contributed by atoms with Crippen LogP contribution in [0.4, 0.5) is 20.1 Å². The fraction of sp³-hybridized carbons (Fsp3) is 0.500. The first-order valence-corrected chi connectivity index (χ1v) is 11.3. The summed E-state index contributed by atoms with van der Waals surface area (Å²) in [6.07, 6.45) is -2.42. The van der Waals surface area contributed by atoms with Gasteiger partial charge in [-0.3, -0.25) is 9.59 Å². The van der Waals surface area contributed by atoms with E-state index in [1.165, 1.54) is 0 Å². The summed E-state index contributed by atoms with van der Waals surface area (Å²) in [5.74, 6) is -1.62. The lowest BCUT2D eigenvalue weighted by molar-refractivity contribution is -0.134. The van der Waals surface area contributed by atoms with Gasteiger partial charge in [0.2, 0.25) is 5.91 Å². The van der Waals surface area contributed by atoms with Crippen molar-refractivity contribution in [2.75, 3.05) is 25.0 Å². The van der Waals surface area contributed by atoms with Crippen LogP contribution in [0.3, 0.4) is 0 Å². The van der Waals surface area contributed by atoms with Crippen LogP contribution in [0.15, 0.2) is 24.3 Å². The quantitative estimate of drug-likeness (QED) is 0.166. The van der Waals surface area contributed by atoms with E-state index in [1.54, 1.807) is 38.1 Å². The molecule has 0 unspecified atom stereocenters. The van der Waals surface area contributed by atoms with Crippen LogP contribution in [-0.2, 0) is 25.7 Å². The second kappa shape index (κ2) is 15.8. The number of alkyl carbamates (subject to hydrolysis) is 1. The maximum atomic E-state index is 12.9. The Bertz CT molecular complexity index is 893. The number of hydrogen-bond donors (Lipinski definition) is 7. The summed E-state index contributed by atoms with van der Waals surface area (Å²) in [5, 5.41) is 10.2. The summed E-state index contributed by atoms with van der Waals surface area (Å²) in [6.45, 7) is 4.12. The molecule has 0 aliphatic heterocycles. The number of amides is 6. The van der Waals surface area contributed by atoms with Crippen molar-refractivity contribution in [1.82, 2.24) is 16.0 Å². The van der Waals surface area contributed by atoms with Crippen molar-refractivity contribution in [1.29, 1.82) is 0 Å². The molecule has 1 rings (SSSR count). The smallest absolute Gasteiger partial charge is 0.407 e. The highest BCUT2D eigenvalue weighted by molar-refractivity contribution is 5.98. The van der Waals surface area contributed by atoms with Gasteiger partial charge in [0, 0.05) is 25.3 Å². The third-order valence-corrected chi connectivity index (χ3v) is 4.71. The summed E-state index contributed by atoms with van der Waals surface area (Å²) in [4.78, 5) is 59.2. The lowest BCUT2D eigenvalue weighted by Gasteiger charge is -2.24. The average molecular weight is 510 g/mol. The molecule has 0 radical (unpaired) electrons. The number of rotatable bonds is 14. The number of urea groups is 1. The fourth-order valence-corrected chi connectivity index (χ4v) is 2.95. The van der Waals surface area contributed by atoms with Crippen LogP contribution in [-0.4, -0.2) is 61.8 Å². The predicted molar refractivity (Wildman–Crippen MR) is 130 cm³/mol. The Kier molecular flexibility index (Phi) is 13.1. The molecule has 0 aliphatic carbocycles. The number of nitrogens with one attached hydrogen (secondary N) is 4. The molecule has 200 valence electrons. The summed E-state index contributed by atoms with van der Waals surface area (Å²) in [5.41, 5.74) is 16.5. The summed E-state index contributed by atoms with van der Waals surface area (Å²) in [7, 11) is 0. The molecule has 1 aromatic rings. The molecular weight excluding hydrogens is 474 g/mol. The van der Waals surface area contributed by atoms with E-state index < -0.39 is 48.1 Å². The number of primary amides is 2. The first-order valence-electron chi connectivity index (χ1n) is 11.3. The topological polar surface area (TPSA) is 230 Å². The zero-order valence-corrected chi connectivity index (χ0v) is 20.4. The van der Waals surface area contributed by atoms with Crippen LogP contribution < -0.4 is 38.5 Å². The molecule has 0 aliphatic rings. The maximum Gasteiger partial charge on any atom is 0.407 e. The summed E-state index contributed by atoms with van der Waals surface area (Å²) < 4.78 is 9.93. The van der Waals surface area contributed by atoms with Gasteiger partial charge in [-0.05, 0) is 36.5 Å². The Balaban J connectivity index is 2.82. The molecule has 0 saturated heterocycles. The van der Waals surface area contributed by atoms with Crippen LogP contribution in [0.1, 0.15) is 32.3 Å². The number of ether oxygens (including phenoxy) is 2. The van der Waals surface area contributed by atoms with Crippen LogP contribution >= 0.6 is 0 Å². The van der Waals surface area contributed by atoms with E-state index in [-0.39, 0.29) is 19.6 Å². The van der Waals surface area contributed by atoms with Gasteiger partial charge in [0.1, 0.15) is 12.6 Å². The van der Waals surface area contributed by atoms with E-state index in [2.05, 4.69) is 21.3 Å². The van der Waals surface area contributed by atoms with Crippen LogP contribution in [0.25, 0.3) is 0 Å². The molecule has 36 heavy (non-hydrogen) atoms. The van der Waals surface area contributed by atoms with Crippen LogP contribution in [0.5, 0.6) is 0 Å². The molecule has 1 aromatic carbocycles. The summed E-state index contributed by atoms with van der Waals surface area (Å²) >= 11 is 0. The Morgan fingerprint density at radius 3 is 2.17 bits per heavy atom. The third kappa shape index (κ3) is 11.9. The lowest BCUT2D eigenvalue weighted by atomic mass is 10.0. The molecule has 2 atom stereocenters. The van der Waals surface area contributed by atoms with Crippen molar-refractivity contribution in [2.45, 2.75) is 45.4 Å². The van der Waals surface area contributed by atoms with Gasteiger partial charge >= 0.3 is 18.2 Å². The first-order chi connectivity index (χ1) is 17.0. The highest BCUT2D eigenvalue weighted by Gasteiger charge is 2.30. The minimum atomic E-state index is -1.19. The number of benzene rings is 1. The van der Waals surface area contributed by atoms with Crippen molar-refractivity contribution in [3.05, 3.63) is 29.8 Å². The van der Waals surface area contributed by atoms with E-state index in [0.29, 0.717) is 30.8 Å². The predicted octanol–water partition coefficient (Wildman–Crippen LogP) is -0.137. The number of nitrogens with two attached hydrogens (primary N) is 3. The Labute approximate surface area is 209 Å². The van der Waals surface area contributed by atoms with Crippen molar-refractivity contribution < 1.29 is 33.4 Å². The molecule has 0 heterocycles. The fourth-order valence-electron chi connectivity index (χ4n) is 2.95. The molecule has 0 aromatic heterocycles. The second-order valence-electron chi connectivity index (χ2n) is 8.07. The number of carbonyl (C=O) groups excluding carboxylic acids is 5. The van der Waals surface area contributed by atoms with Gasteiger partial charge in [0.05, 0.1) is 0 Å². The van der Waals surface area contributed by atoms with Crippen LogP contribution in [0, 0.1) is 5.92 Å². The van der Waals surface area contributed by atoms with Gasteiger partial charge in [-0.25, -0.2) is 14.4 Å². The minimum absolute atomic E-state index is 0.0205. The monoisotopic (exact) mass is 509 g/mol. The molecule has 0 spiro atoms. The Morgan fingerprint density at radius 2 is 1.61 bits per heavy atom. The molecule has 10 N–H and O–H groups in total. The normalized spacial score (nSPS) is 12.1. The number of anilines is 1. The van der Waals surface area contributed by atoms with Gasteiger partial charge in [-0.2, -0.15) is 0 Å². The van der Waals surface area contributed by atoms with E-state index >= 15 is 0 Å². The van der Waals surface area contributed by atoms with E-state index in [0.717, 1.165) is 0 Å². The largest absolute Gasteiger partial charge is 0.445 e. The molecule has 0 fully saturated rings. The van der Waals surface area contributed by atoms with Crippen molar-refractivity contribution in [2.24, 2.45) is 23.1 Å². The molecule has 0 bridgehead atoms. The molecule has 14 nitrogen and oxygen atoms in total. The number of carbonyl (C=O) groups is 5. The van der Waals surface area contributed by atoms with Crippen molar-refractivity contribution >= 4 is 35.7 Å². The molecule has 14 heteroatoms. The SMILES string of the molecule is CC(C)[C@H](OC(N)=O)C(=O)N[C@@H](CCCNC(N)=O)C(=O)Nc1ccc(COC(=O)NCCN)cc1. The highest BCUT2D eigenvalue weighted by atomic mass is 16.6. The van der Waals surface area contributed by atoms with Gasteiger partial charge in [-0.15, -0.1) is 0 Å². The zero-order valence-electron chi connectivity index (χ0n) is 20.4. The Morgan fingerprint density at radius 1 is 0.944 bits per heavy atom. The summed E-state index contributed by atoms with van der Waals surface area (Å²) in [6, 6.07) is 4.80. The van der Waals surface area contributed by atoms with E-state index in [9.17, 15) is 24.0 Å². The van der Waals surface area contributed by atoms with Gasteiger partial charge in [-0.1, -0.05) is 26.0 Å². The lowest BCUT2D eigenvalue weighted by Crippen LogP contribution is -2.50. The van der Waals surface area contributed by atoms with Crippen molar-refractivity contribution in [3.63, 3.8) is 0 Å². The van der Waals surface area contributed by atoms with Crippen LogP contribution in [0.2, 0.25) is 0 Å². The standard InChI is InChI=1S/C22H35N7O7/c1-13(2)17(36-21(25)33)19(31)29-16(4-3-10-26-20(24)32)18(30)28-15-7-5-14(6-8-15)12-35-22(34)27-11-9-23/h5-8,13,16-17H,3-4,9-12,23H2,1-2H3,(H2,25,33)(H,27,34)(H,28,30)(H,29,31)(H3,24,26,32)/t16-,17-/m0/s1. The number of hydrogen-bond acceptors (Lipinski definition) is 8. The van der Waals surface area contributed by atoms with Gasteiger partial charge in [0.25, 0.3) is 5.91 Å². The van der Waals surface area contributed by atoms with Crippen molar-refractivity contribution in [3.8, 4) is 0 Å². The molecule has 0 saturated carbocycles. The molecular formula is C22H35N7O7. The maximum absolute atomic E-state index is 12.9. The van der Waals surface area contributed by atoms with Gasteiger partial charge < -0.3 is 47.9 Å².